The molecule has 0 bridgehead atoms. The van der Waals surface area contributed by atoms with E-state index in [1.165, 1.54) is 0 Å². The number of benzene rings is 3. The summed E-state index contributed by atoms with van der Waals surface area (Å²) in [6.07, 6.45) is 0. The fourth-order valence-corrected chi connectivity index (χ4v) is 2.86. The molecule has 0 radical (unpaired) electrons. The van der Waals surface area contributed by atoms with E-state index in [9.17, 15) is 9.59 Å². The molecule has 3 aromatic carbocycles. The molecule has 23 heavy (non-hydrogen) atoms. The van der Waals surface area contributed by atoms with Crippen molar-refractivity contribution in [2.24, 2.45) is 0 Å². The first kappa shape index (κ1) is 15.4. The molecule has 0 amide bonds. The van der Waals surface area contributed by atoms with E-state index in [0.29, 0.717) is 26.7 Å². The van der Waals surface area contributed by atoms with Crippen LogP contribution >= 0.6 is 15.9 Å². The van der Waals surface area contributed by atoms with Gasteiger partial charge in [0.1, 0.15) is 0 Å². The summed E-state index contributed by atoms with van der Waals surface area (Å²) in [5.74, 6) is -0.206. The Bertz CT molecular complexity index is 786. The highest BCUT2D eigenvalue weighted by atomic mass is 79.9. The van der Waals surface area contributed by atoms with Crippen molar-refractivity contribution in [1.29, 1.82) is 0 Å². The van der Waals surface area contributed by atoms with Crippen molar-refractivity contribution in [3.63, 3.8) is 0 Å². The lowest BCUT2D eigenvalue weighted by Crippen LogP contribution is -2.06. The third-order valence-corrected chi connectivity index (χ3v) is 3.95. The molecule has 0 aromatic heterocycles. The molecule has 0 N–H and O–H groups in total. The van der Waals surface area contributed by atoms with Crippen LogP contribution in [0.3, 0.4) is 0 Å². The number of hydrogen-bond donors (Lipinski definition) is 0. The molecule has 0 atom stereocenters. The van der Waals surface area contributed by atoms with Gasteiger partial charge >= 0.3 is 0 Å². The van der Waals surface area contributed by atoms with Crippen LogP contribution in [0.25, 0.3) is 0 Å². The van der Waals surface area contributed by atoms with Crippen molar-refractivity contribution < 1.29 is 9.59 Å². The van der Waals surface area contributed by atoms with Crippen molar-refractivity contribution >= 4 is 27.5 Å². The minimum absolute atomic E-state index is 0.103. The zero-order valence-corrected chi connectivity index (χ0v) is 13.8. The van der Waals surface area contributed by atoms with Gasteiger partial charge in [0, 0.05) is 26.7 Å². The fourth-order valence-electron chi connectivity index (χ4n) is 2.36. The third-order valence-electron chi connectivity index (χ3n) is 3.49. The van der Waals surface area contributed by atoms with E-state index in [0.717, 1.165) is 0 Å². The van der Waals surface area contributed by atoms with Gasteiger partial charge in [0.25, 0.3) is 0 Å². The lowest BCUT2D eigenvalue weighted by Gasteiger charge is -2.06. The van der Waals surface area contributed by atoms with Gasteiger partial charge in [-0.2, -0.15) is 0 Å². The van der Waals surface area contributed by atoms with Crippen molar-refractivity contribution in [3.8, 4) is 0 Å². The number of halogens is 1. The molecule has 0 fully saturated rings. The van der Waals surface area contributed by atoms with Crippen LogP contribution in [0.2, 0.25) is 0 Å². The van der Waals surface area contributed by atoms with Gasteiger partial charge in [-0.05, 0) is 18.2 Å². The van der Waals surface area contributed by atoms with Crippen molar-refractivity contribution in [2.75, 3.05) is 0 Å². The Labute approximate surface area is 142 Å². The molecule has 0 unspecified atom stereocenters. The standard InChI is InChI=1S/C20H13BrO2/c21-18-12-16(19(22)14-7-3-1-4-8-14)11-17(13-18)20(23)15-9-5-2-6-10-15/h1-13H. The minimum Gasteiger partial charge on any atom is -0.289 e. The predicted molar refractivity (Wildman–Crippen MR) is 93.9 cm³/mol. The molecule has 0 heterocycles. The van der Waals surface area contributed by atoms with Gasteiger partial charge in [0.15, 0.2) is 11.6 Å². The average molecular weight is 365 g/mol. The molecule has 3 rings (SSSR count). The van der Waals surface area contributed by atoms with Gasteiger partial charge < -0.3 is 0 Å². The zero-order chi connectivity index (χ0) is 16.2. The van der Waals surface area contributed by atoms with Gasteiger partial charge in [-0.1, -0.05) is 76.6 Å². The lowest BCUT2D eigenvalue weighted by atomic mass is 9.97. The van der Waals surface area contributed by atoms with Crippen LogP contribution in [0.5, 0.6) is 0 Å². The van der Waals surface area contributed by atoms with Gasteiger partial charge in [0.05, 0.1) is 0 Å². The SMILES string of the molecule is O=C(c1ccccc1)c1cc(Br)cc(C(=O)c2ccccc2)c1. The molecule has 2 nitrogen and oxygen atoms in total. The Morgan fingerprint density at radius 1 is 0.565 bits per heavy atom. The Hall–Kier alpha value is -2.52. The van der Waals surface area contributed by atoms with Gasteiger partial charge in [-0.3, -0.25) is 9.59 Å². The Balaban J connectivity index is 2.00. The number of ketones is 2. The van der Waals surface area contributed by atoms with E-state index < -0.39 is 0 Å². The Morgan fingerprint density at radius 3 is 1.35 bits per heavy atom. The summed E-state index contributed by atoms with van der Waals surface area (Å²) >= 11 is 3.39. The summed E-state index contributed by atoms with van der Waals surface area (Å²) in [4.78, 5) is 25.2. The highest BCUT2D eigenvalue weighted by molar-refractivity contribution is 9.10. The second-order valence-electron chi connectivity index (χ2n) is 5.12. The zero-order valence-electron chi connectivity index (χ0n) is 12.2. The van der Waals surface area contributed by atoms with Crippen molar-refractivity contribution in [3.05, 3.63) is 106 Å². The molecule has 0 spiro atoms. The first-order valence-corrected chi connectivity index (χ1v) is 7.94. The Kier molecular flexibility index (Phi) is 4.49. The molecule has 0 aliphatic rings. The highest BCUT2D eigenvalue weighted by Crippen LogP contribution is 2.21. The van der Waals surface area contributed by atoms with Crippen LogP contribution < -0.4 is 0 Å². The second kappa shape index (κ2) is 6.71. The maximum Gasteiger partial charge on any atom is 0.193 e. The van der Waals surface area contributed by atoms with E-state index >= 15 is 0 Å². The quantitative estimate of drug-likeness (QED) is 0.616. The molecule has 3 aromatic rings. The van der Waals surface area contributed by atoms with E-state index in [4.69, 9.17) is 0 Å². The molecule has 0 aliphatic heterocycles. The van der Waals surface area contributed by atoms with Gasteiger partial charge in [-0.25, -0.2) is 0 Å². The summed E-state index contributed by atoms with van der Waals surface area (Å²) in [5, 5.41) is 0. The summed E-state index contributed by atoms with van der Waals surface area (Å²) < 4.78 is 0.707. The summed E-state index contributed by atoms with van der Waals surface area (Å²) in [7, 11) is 0. The van der Waals surface area contributed by atoms with Crippen LogP contribution in [0, 0.1) is 0 Å². The topological polar surface area (TPSA) is 34.1 Å². The fraction of sp³-hybridized carbons (Fsp3) is 0. The second-order valence-corrected chi connectivity index (χ2v) is 6.03. The predicted octanol–water partition coefficient (Wildman–Crippen LogP) is 4.91. The van der Waals surface area contributed by atoms with Crippen LogP contribution in [-0.2, 0) is 0 Å². The number of rotatable bonds is 4. The first-order chi connectivity index (χ1) is 11.1. The van der Waals surface area contributed by atoms with E-state index in [1.54, 1.807) is 42.5 Å². The maximum absolute atomic E-state index is 12.6. The summed E-state index contributed by atoms with van der Waals surface area (Å²) in [6, 6.07) is 23.2. The largest absolute Gasteiger partial charge is 0.289 e. The summed E-state index contributed by atoms with van der Waals surface area (Å²) in [5.41, 5.74) is 2.18. The lowest BCUT2D eigenvalue weighted by molar-refractivity contribution is 0.103. The average Bonchev–Trinajstić information content (AvgIpc) is 2.61. The molecule has 0 saturated heterocycles. The number of carbonyl (C=O) groups excluding carboxylic acids is 2. The van der Waals surface area contributed by atoms with Crippen LogP contribution in [0.15, 0.2) is 83.3 Å². The monoisotopic (exact) mass is 364 g/mol. The minimum atomic E-state index is -0.103. The normalized spacial score (nSPS) is 10.3. The molecule has 0 saturated carbocycles. The Morgan fingerprint density at radius 2 is 0.957 bits per heavy atom. The molecule has 0 aliphatic carbocycles. The molecule has 3 heteroatoms. The van der Waals surface area contributed by atoms with E-state index in [2.05, 4.69) is 15.9 Å². The molecule has 112 valence electrons. The number of carbonyl (C=O) groups is 2. The first-order valence-electron chi connectivity index (χ1n) is 7.15. The van der Waals surface area contributed by atoms with E-state index in [-0.39, 0.29) is 11.6 Å². The smallest absolute Gasteiger partial charge is 0.193 e. The maximum atomic E-state index is 12.6. The molecular weight excluding hydrogens is 352 g/mol. The van der Waals surface area contributed by atoms with E-state index in [1.807, 2.05) is 36.4 Å². The summed E-state index contributed by atoms with van der Waals surface area (Å²) in [6.45, 7) is 0. The van der Waals surface area contributed by atoms with Crippen LogP contribution in [0.4, 0.5) is 0 Å². The number of hydrogen-bond acceptors (Lipinski definition) is 2. The van der Waals surface area contributed by atoms with Crippen molar-refractivity contribution in [2.45, 2.75) is 0 Å². The van der Waals surface area contributed by atoms with Gasteiger partial charge in [0.2, 0.25) is 0 Å². The molecular formula is C20H13BrO2. The van der Waals surface area contributed by atoms with Crippen LogP contribution in [-0.4, -0.2) is 11.6 Å². The third kappa shape index (κ3) is 3.46. The highest BCUT2D eigenvalue weighted by Gasteiger charge is 2.15. The van der Waals surface area contributed by atoms with Gasteiger partial charge in [-0.15, -0.1) is 0 Å². The van der Waals surface area contributed by atoms with Crippen molar-refractivity contribution in [1.82, 2.24) is 0 Å². The van der Waals surface area contributed by atoms with Crippen LogP contribution in [0.1, 0.15) is 31.8 Å².